The van der Waals surface area contributed by atoms with E-state index in [1.807, 2.05) is 13.0 Å². The third-order valence-corrected chi connectivity index (χ3v) is 3.66. The van der Waals surface area contributed by atoms with Gasteiger partial charge >= 0.3 is 0 Å². The average molecular weight is 248 g/mol. The Kier molecular flexibility index (Phi) is 3.91. The lowest BCUT2D eigenvalue weighted by molar-refractivity contribution is 0.280. The fourth-order valence-corrected chi connectivity index (χ4v) is 2.40. The molecule has 0 spiro atoms. The summed E-state index contributed by atoms with van der Waals surface area (Å²) in [5.41, 5.74) is 3.15. The smallest absolute Gasteiger partial charge is 0.134 e. The second kappa shape index (κ2) is 5.27. The van der Waals surface area contributed by atoms with Gasteiger partial charge in [-0.2, -0.15) is 0 Å². The fourth-order valence-electron chi connectivity index (χ4n) is 2.40. The van der Waals surface area contributed by atoms with Gasteiger partial charge in [0.2, 0.25) is 0 Å². The number of hydrogen-bond acceptors (Lipinski definition) is 3. The zero-order chi connectivity index (χ0) is 13.3. The summed E-state index contributed by atoms with van der Waals surface area (Å²) in [6, 6.07) is 2.47. The Balaban J connectivity index is 2.37. The molecule has 0 atom stereocenters. The van der Waals surface area contributed by atoms with Gasteiger partial charge in [-0.15, -0.1) is 0 Å². The summed E-state index contributed by atoms with van der Waals surface area (Å²) in [5, 5.41) is 9.60. The molecule has 0 radical (unpaired) electrons. The third-order valence-electron chi connectivity index (χ3n) is 3.66. The maximum atomic E-state index is 9.60. The van der Waals surface area contributed by atoms with Crippen molar-refractivity contribution in [1.82, 2.24) is 4.98 Å². The molecule has 3 heteroatoms. The first-order valence-electron chi connectivity index (χ1n) is 6.87. The minimum atomic E-state index is 0.0718. The molecule has 0 aromatic carbocycles. The van der Waals surface area contributed by atoms with Gasteiger partial charge in [0.05, 0.1) is 6.61 Å². The van der Waals surface area contributed by atoms with Crippen molar-refractivity contribution in [2.75, 3.05) is 11.4 Å². The van der Waals surface area contributed by atoms with Gasteiger partial charge in [-0.1, -0.05) is 0 Å². The van der Waals surface area contributed by atoms with E-state index in [0.717, 1.165) is 35.1 Å². The molecule has 1 fully saturated rings. The fraction of sp³-hybridized carbons (Fsp3) is 0.667. The third kappa shape index (κ3) is 2.83. The molecule has 3 nitrogen and oxygen atoms in total. The molecule has 1 saturated carbocycles. The zero-order valence-electron chi connectivity index (χ0n) is 11.9. The summed E-state index contributed by atoms with van der Waals surface area (Å²) in [5.74, 6) is 1.80. The lowest BCUT2D eigenvalue weighted by Crippen LogP contribution is -2.34. The molecule has 1 aromatic rings. The highest BCUT2D eigenvalue weighted by Crippen LogP contribution is 2.33. The summed E-state index contributed by atoms with van der Waals surface area (Å²) in [6.45, 7) is 9.61. The van der Waals surface area contributed by atoms with Crippen LogP contribution in [-0.2, 0) is 6.61 Å². The van der Waals surface area contributed by atoms with Crippen molar-refractivity contribution in [2.24, 2.45) is 5.92 Å². The van der Waals surface area contributed by atoms with E-state index in [4.69, 9.17) is 0 Å². The van der Waals surface area contributed by atoms with E-state index in [9.17, 15) is 5.11 Å². The highest BCUT2D eigenvalue weighted by Gasteiger charge is 2.27. The molecule has 1 aliphatic rings. The van der Waals surface area contributed by atoms with Gasteiger partial charge in [-0.25, -0.2) is 4.98 Å². The number of pyridine rings is 1. The predicted molar refractivity (Wildman–Crippen MR) is 74.8 cm³/mol. The van der Waals surface area contributed by atoms with Crippen LogP contribution in [0.3, 0.4) is 0 Å². The molecule has 1 aromatic heterocycles. The molecule has 0 saturated heterocycles. The van der Waals surface area contributed by atoms with Crippen LogP contribution in [0.25, 0.3) is 0 Å². The van der Waals surface area contributed by atoms with Crippen LogP contribution in [0.4, 0.5) is 5.82 Å². The minimum absolute atomic E-state index is 0.0718. The van der Waals surface area contributed by atoms with E-state index < -0.39 is 0 Å². The molecule has 0 aliphatic heterocycles. The van der Waals surface area contributed by atoms with Crippen LogP contribution in [0.15, 0.2) is 6.07 Å². The number of aliphatic hydroxyl groups excluding tert-OH is 1. The summed E-state index contributed by atoms with van der Waals surface area (Å²) in [6.07, 6.45) is 2.67. The standard InChI is InChI=1S/C15H24N2O/c1-10(2)17(8-13-5-6-13)15-14(9-18)11(3)7-12(4)16-15/h7,10,13,18H,5-6,8-9H2,1-4H3. The molecule has 1 heterocycles. The summed E-state index contributed by atoms with van der Waals surface area (Å²) < 4.78 is 0. The van der Waals surface area contributed by atoms with Crippen LogP contribution in [0, 0.1) is 19.8 Å². The Morgan fingerprint density at radius 3 is 2.56 bits per heavy atom. The van der Waals surface area contributed by atoms with Gasteiger partial charge in [0.1, 0.15) is 5.82 Å². The molecule has 1 N–H and O–H groups in total. The molecule has 0 unspecified atom stereocenters. The van der Waals surface area contributed by atoms with Crippen molar-refractivity contribution in [1.29, 1.82) is 0 Å². The van der Waals surface area contributed by atoms with Crippen LogP contribution < -0.4 is 4.90 Å². The van der Waals surface area contributed by atoms with Gasteiger partial charge < -0.3 is 10.0 Å². The predicted octanol–water partition coefficient (Wildman–Crippen LogP) is 2.82. The normalized spacial score (nSPS) is 15.2. The van der Waals surface area contributed by atoms with Crippen molar-refractivity contribution >= 4 is 5.82 Å². The highest BCUT2D eigenvalue weighted by molar-refractivity contribution is 5.52. The number of nitrogens with zero attached hydrogens (tertiary/aromatic N) is 2. The molecule has 2 rings (SSSR count). The highest BCUT2D eigenvalue weighted by atomic mass is 16.3. The lowest BCUT2D eigenvalue weighted by atomic mass is 10.1. The van der Waals surface area contributed by atoms with Crippen molar-refractivity contribution in [3.05, 3.63) is 22.9 Å². The first kappa shape index (κ1) is 13.3. The van der Waals surface area contributed by atoms with Crippen LogP contribution in [-0.4, -0.2) is 22.7 Å². The van der Waals surface area contributed by atoms with Gasteiger partial charge in [0.15, 0.2) is 0 Å². The SMILES string of the molecule is Cc1cc(C)c(CO)c(N(CC2CC2)C(C)C)n1. The molecule has 0 amide bonds. The Labute approximate surface area is 110 Å². The monoisotopic (exact) mass is 248 g/mol. The summed E-state index contributed by atoms with van der Waals surface area (Å²) >= 11 is 0. The van der Waals surface area contributed by atoms with Crippen LogP contribution in [0.1, 0.15) is 43.5 Å². The van der Waals surface area contributed by atoms with Crippen LogP contribution in [0.5, 0.6) is 0 Å². The van der Waals surface area contributed by atoms with E-state index in [0.29, 0.717) is 6.04 Å². The average Bonchev–Trinajstić information content (AvgIpc) is 3.08. The number of hydrogen-bond donors (Lipinski definition) is 1. The maximum absolute atomic E-state index is 9.60. The lowest BCUT2D eigenvalue weighted by Gasteiger charge is -2.30. The molecule has 1 aliphatic carbocycles. The zero-order valence-corrected chi connectivity index (χ0v) is 11.9. The Morgan fingerprint density at radius 2 is 2.06 bits per heavy atom. The van der Waals surface area contributed by atoms with E-state index in [2.05, 4.69) is 30.7 Å². The van der Waals surface area contributed by atoms with Gasteiger partial charge in [0, 0.05) is 23.8 Å². The number of anilines is 1. The number of aryl methyl sites for hydroxylation is 2. The summed E-state index contributed by atoms with van der Waals surface area (Å²) in [4.78, 5) is 7.02. The topological polar surface area (TPSA) is 36.4 Å². The second-order valence-electron chi connectivity index (χ2n) is 5.73. The van der Waals surface area contributed by atoms with Crippen LogP contribution in [0.2, 0.25) is 0 Å². The Morgan fingerprint density at radius 1 is 1.39 bits per heavy atom. The van der Waals surface area contributed by atoms with E-state index in [-0.39, 0.29) is 6.61 Å². The molecular formula is C15H24N2O. The largest absolute Gasteiger partial charge is 0.392 e. The number of rotatable bonds is 5. The first-order valence-corrected chi connectivity index (χ1v) is 6.87. The first-order chi connectivity index (χ1) is 8.52. The molecule has 0 bridgehead atoms. The van der Waals surface area contributed by atoms with Crippen LogP contribution >= 0.6 is 0 Å². The van der Waals surface area contributed by atoms with Crippen molar-refractivity contribution in [3.8, 4) is 0 Å². The Bertz CT molecular complexity index is 425. The molecule has 18 heavy (non-hydrogen) atoms. The van der Waals surface area contributed by atoms with Gasteiger partial charge in [-0.3, -0.25) is 0 Å². The van der Waals surface area contributed by atoms with Gasteiger partial charge in [-0.05, 0) is 58.1 Å². The van der Waals surface area contributed by atoms with Crippen molar-refractivity contribution in [2.45, 2.75) is 53.2 Å². The van der Waals surface area contributed by atoms with E-state index in [1.165, 1.54) is 12.8 Å². The number of aliphatic hydroxyl groups is 1. The minimum Gasteiger partial charge on any atom is -0.392 e. The quantitative estimate of drug-likeness (QED) is 0.870. The van der Waals surface area contributed by atoms with E-state index in [1.54, 1.807) is 0 Å². The number of aromatic nitrogens is 1. The maximum Gasteiger partial charge on any atom is 0.134 e. The van der Waals surface area contributed by atoms with Gasteiger partial charge in [0.25, 0.3) is 0 Å². The van der Waals surface area contributed by atoms with E-state index >= 15 is 0 Å². The van der Waals surface area contributed by atoms with Crippen molar-refractivity contribution < 1.29 is 5.11 Å². The Hall–Kier alpha value is -1.09. The summed E-state index contributed by atoms with van der Waals surface area (Å²) in [7, 11) is 0. The molecular weight excluding hydrogens is 224 g/mol. The molecule has 100 valence electrons. The van der Waals surface area contributed by atoms with Crippen molar-refractivity contribution in [3.63, 3.8) is 0 Å². The second-order valence-corrected chi connectivity index (χ2v) is 5.73.